The van der Waals surface area contributed by atoms with Crippen molar-refractivity contribution in [3.05, 3.63) is 42.1 Å². The van der Waals surface area contributed by atoms with E-state index in [4.69, 9.17) is 23.8 Å². The molecule has 0 aliphatic heterocycles. The van der Waals surface area contributed by atoms with Crippen molar-refractivity contribution in [2.75, 3.05) is 38.0 Å². The van der Waals surface area contributed by atoms with E-state index in [9.17, 15) is 8.42 Å². The summed E-state index contributed by atoms with van der Waals surface area (Å²) >= 11 is 0. The van der Waals surface area contributed by atoms with Crippen molar-refractivity contribution in [1.82, 2.24) is 15.4 Å². The molecule has 4 aromatic rings. The van der Waals surface area contributed by atoms with Gasteiger partial charge in [-0.05, 0) is 24.6 Å². The molecule has 0 aliphatic rings. The van der Waals surface area contributed by atoms with E-state index >= 15 is 0 Å². The number of aliphatic hydroxyl groups is 1. The highest BCUT2D eigenvalue weighted by molar-refractivity contribution is 7.93. The van der Waals surface area contributed by atoms with Gasteiger partial charge in [-0.2, -0.15) is 5.10 Å². The van der Waals surface area contributed by atoms with Gasteiger partial charge in [-0.1, -0.05) is 18.1 Å². The maximum absolute atomic E-state index is 13.2. The molecule has 0 amide bonds. The number of aliphatic hydroxyl groups excluding tert-OH is 1. The Balaban J connectivity index is 1.66. The number of H-pyrrole nitrogens is 1. The fourth-order valence-electron chi connectivity index (χ4n) is 3.71. The van der Waals surface area contributed by atoms with E-state index in [-0.39, 0.29) is 34.7 Å². The second-order valence-corrected chi connectivity index (χ2v) is 9.54. The van der Waals surface area contributed by atoms with Crippen molar-refractivity contribution in [3.8, 4) is 17.2 Å². The average Bonchev–Trinajstić information content (AvgIpc) is 3.49. The number of nitrogens with zero attached hydrogens (tertiary/aromatic N) is 2. The molecule has 4 rings (SSSR count). The molecule has 0 spiro atoms. The van der Waals surface area contributed by atoms with Crippen LogP contribution in [0.15, 0.2) is 45.8 Å². The van der Waals surface area contributed by atoms with Crippen molar-refractivity contribution in [2.45, 2.75) is 24.2 Å². The van der Waals surface area contributed by atoms with Crippen LogP contribution in [0.25, 0.3) is 11.0 Å². The van der Waals surface area contributed by atoms with Crippen LogP contribution in [0.5, 0.6) is 17.2 Å². The van der Waals surface area contributed by atoms with Gasteiger partial charge in [0.1, 0.15) is 17.2 Å². The van der Waals surface area contributed by atoms with Crippen molar-refractivity contribution >= 4 is 38.3 Å². The number of hydrogen-bond acceptors (Lipinski definition) is 10. The average molecular weight is 518 g/mol. The molecule has 2 aromatic carbocycles. The van der Waals surface area contributed by atoms with Crippen molar-refractivity contribution in [1.29, 1.82) is 0 Å². The summed E-state index contributed by atoms with van der Waals surface area (Å²) in [6, 6.07) is 9.73. The predicted molar refractivity (Wildman–Crippen MR) is 133 cm³/mol. The number of methoxy groups -OCH3 is 3. The number of aromatic nitrogens is 3. The molecule has 0 aliphatic carbocycles. The van der Waals surface area contributed by atoms with Gasteiger partial charge in [0, 0.05) is 30.4 Å². The molecule has 0 saturated heterocycles. The molecule has 2 heterocycles. The number of benzene rings is 2. The summed E-state index contributed by atoms with van der Waals surface area (Å²) < 4.78 is 50.3. The summed E-state index contributed by atoms with van der Waals surface area (Å²) in [5.41, 5.74) is 1.72. The standard InChI is InChI=1S/C23H27N5O7S/c1-13(8-9-29)15-12-21(26-25-15)24-16-11-19-14(10-20(16)34-4)23(27-35-19)28-36(30,31)22-17(32-2)6-5-7-18(22)33-3/h5-7,10-13,29H,8-9H2,1-4H3,(H,27,28)(H2,24,25,26). The van der Waals surface area contributed by atoms with Crippen molar-refractivity contribution in [3.63, 3.8) is 0 Å². The topological polar surface area (TPSA) is 161 Å². The molecule has 12 nitrogen and oxygen atoms in total. The minimum atomic E-state index is -4.16. The highest BCUT2D eigenvalue weighted by Crippen LogP contribution is 2.38. The molecule has 36 heavy (non-hydrogen) atoms. The molecule has 1 atom stereocenters. The van der Waals surface area contributed by atoms with Crippen LogP contribution in [0.3, 0.4) is 0 Å². The smallest absolute Gasteiger partial charge is 0.270 e. The van der Waals surface area contributed by atoms with Crippen LogP contribution >= 0.6 is 0 Å². The molecule has 13 heteroatoms. The lowest BCUT2D eigenvalue weighted by Gasteiger charge is -2.14. The van der Waals surface area contributed by atoms with Gasteiger partial charge in [-0.15, -0.1) is 0 Å². The summed E-state index contributed by atoms with van der Waals surface area (Å²) in [4.78, 5) is -0.166. The lowest BCUT2D eigenvalue weighted by molar-refractivity contribution is 0.278. The lowest BCUT2D eigenvalue weighted by Crippen LogP contribution is -2.15. The Morgan fingerprint density at radius 1 is 1.08 bits per heavy atom. The number of ether oxygens (including phenoxy) is 3. The molecule has 0 fully saturated rings. The second kappa shape index (κ2) is 10.3. The van der Waals surface area contributed by atoms with E-state index in [0.29, 0.717) is 34.6 Å². The molecular formula is C23H27N5O7S. The van der Waals surface area contributed by atoms with Gasteiger partial charge in [0.05, 0.1) is 32.4 Å². The molecule has 4 N–H and O–H groups in total. The molecule has 0 saturated carbocycles. The maximum Gasteiger partial charge on any atom is 0.270 e. The highest BCUT2D eigenvalue weighted by Gasteiger charge is 2.27. The normalized spacial score (nSPS) is 12.4. The molecule has 1 unspecified atom stereocenters. The predicted octanol–water partition coefficient (Wildman–Crippen LogP) is 3.61. The van der Waals surface area contributed by atoms with E-state index in [0.717, 1.165) is 5.69 Å². The van der Waals surface area contributed by atoms with Gasteiger partial charge in [-0.3, -0.25) is 9.82 Å². The van der Waals surface area contributed by atoms with Gasteiger partial charge in [-0.25, -0.2) is 8.42 Å². The molecule has 2 aromatic heterocycles. The van der Waals surface area contributed by atoms with E-state index in [1.807, 2.05) is 13.0 Å². The molecule has 0 radical (unpaired) electrons. The van der Waals surface area contributed by atoms with Crippen LogP contribution in [0.2, 0.25) is 0 Å². The zero-order valence-corrected chi connectivity index (χ0v) is 21.0. The van der Waals surface area contributed by atoms with Gasteiger partial charge >= 0.3 is 0 Å². The van der Waals surface area contributed by atoms with Crippen LogP contribution in [0, 0.1) is 0 Å². The summed E-state index contributed by atoms with van der Waals surface area (Å²) in [6.45, 7) is 2.06. The van der Waals surface area contributed by atoms with Crippen LogP contribution in [0.1, 0.15) is 25.0 Å². The van der Waals surface area contributed by atoms with Crippen LogP contribution < -0.4 is 24.2 Å². The van der Waals surface area contributed by atoms with Gasteiger partial charge in [0.25, 0.3) is 10.0 Å². The number of hydrogen-bond donors (Lipinski definition) is 4. The molecule has 192 valence electrons. The Hall–Kier alpha value is -3.97. The van der Waals surface area contributed by atoms with Gasteiger partial charge in [0.15, 0.2) is 22.1 Å². The molecule has 0 bridgehead atoms. The number of sulfonamides is 1. The number of nitrogens with one attached hydrogen (secondary N) is 3. The maximum atomic E-state index is 13.2. The SMILES string of the molecule is COc1cc2c(NS(=O)(=O)c3c(OC)cccc3OC)noc2cc1Nc1cc(C(C)CCO)[nH]n1. The first-order valence-electron chi connectivity index (χ1n) is 11.0. The van der Waals surface area contributed by atoms with Gasteiger partial charge < -0.3 is 29.2 Å². The minimum absolute atomic E-state index is 0.0253. The Bertz CT molecular complexity index is 1440. The Labute approximate surface area is 207 Å². The minimum Gasteiger partial charge on any atom is -0.495 e. The Morgan fingerprint density at radius 3 is 2.42 bits per heavy atom. The molecular weight excluding hydrogens is 490 g/mol. The number of rotatable bonds is 11. The number of aromatic amines is 1. The Kier molecular flexibility index (Phi) is 7.22. The van der Waals surface area contributed by atoms with Gasteiger partial charge in [0.2, 0.25) is 0 Å². The van der Waals surface area contributed by atoms with E-state index in [1.54, 1.807) is 18.2 Å². The van der Waals surface area contributed by atoms with Crippen LogP contribution in [0.4, 0.5) is 17.3 Å². The van der Waals surface area contributed by atoms with E-state index < -0.39 is 10.0 Å². The second-order valence-electron chi connectivity index (χ2n) is 7.92. The van der Waals surface area contributed by atoms with Crippen LogP contribution in [-0.4, -0.2) is 56.8 Å². The highest BCUT2D eigenvalue weighted by atomic mass is 32.2. The zero-order valence-electron chi connectivity index (χ0n) is 20.2. The quantitative estimate of drug-likeness (QED) is 0.231. The zero-order chi connectivity index (χ0) is 25.9. The Morgan fingerprint density at radius 2 is 1.78 bits per heavy atom. The summed E-state index contributed by atoms with van der Waals surface area (Å²) in [5, 5.41) is 23.8. The third-order valence-corrected chi connectivity index (χ3v) is 7.03. The largest absolute Gasteiger partial charge is 0.495 e. The van der Waals surface area contributed by atoms with Crippen LogP contribution in [-0.2, 0) is 10.0 Å². The van der Waals surface area contributed by atoms with Crippen molar-refractivity contribution in [2.24, 2.45) is 0 Å². The number of anilines is 3. The summed E-state index contributed by atoms with van der Waals surface area (Å²) in [6.07, 6.45) is 0.606. The third kappa shape index (κ3) is 4.88. The third-order valence-electron chi connectivity index (χ3n) is 5.63. The first kappa shape index (κ1) is 25.1. The fourth-order valence-corrected chi connectivity index (χ4v) is 5.04. The summed E-state index contributed by atoms with van der Waals surface area (Å²) in [7, 11) is 0.0679. The monoisotopic (exact) mass is 517 g/mol. The van der Waals surface area contributed by atoms with E-state index in [1.165, 1.54) is 33.5 Å². The number of fused-ring (bicyclic) bond motifs is 1. The summed E-state index contributed by atoms with van der Waals surface area (Å²) in [5.74, 6) is 1.26. The fraction of sp³-hybridized carbons (Fsp3) is 0.304. The lowest BCUT2D eigenvalue weighted by atomic mass is 10.1. The van der Waals surface area contributed by atoms with Crippen molar-refractivity contribution < 1.29 is 32.3 Å². The van der Waals surface area contributed by atoms with E-state index in [2.05, 4.69) is 25.4 Å². The first-order valence-corrected chi connectivity index (χ1v) is 12.4. The first-order chi connectivity index (χ1) is 17.3.